The van der Waals surface area contributed by atoms with E-state index in [2.05, 4.69) is 4.98 Å². The van der Waals surface area contributed by atoms with E-state index in [9.17, 15) is 18.0 Å². The molecule has 1 amide bonds. The highest BCUT2D eigenvalue weighted by atomic mass is 19.4. The van der Waals surface area contributed by atoms with Gasteiger partial charge in [-0.05, 0) is 35.2 Å². The lowest BCUT2D eigenvalue weighted by molar-refractivity contribution is -0.140. The van der Waals surface area contributed by atoms with Crippen molar-refractivity contribution in [3.63, 3.8) is 0 Å². The lowest BCUT2D eigenvalue weighted by atomic mass is 10.0. The number of nitrogens with zero attached hydrogens (tertiary/aromatic N) is 2. The van der Waals surface area contributed by atoms with E-state index in [0.29, 0.717) is 22.4 Å². The second-order valence-electron chi connectivity index (χ2n) is 7.59. The van der Waals surface area contributed by atoms with Gasteiger partial charge < -0.3 is 15.4 Å². The summed E-state index contributed by atoms with van der Waals surface area (Å²) in [6.07, 6.45) is -4.54. The van der Waals surface area contributed by atoms with Crippen molar-refractivity contribution in [3.05, 3.63) is 77.5 Å². The predicted octanol–water partition coefficient (Wildman–Crippen LogP) is 5.15. The molecular formula is C24H20F3N3O2. The SMILES string of the molecule is CN(C)c1cc(C(F)(F)F)nc2ccc(COc3c(C(N)=O)ccc4ccccc34)cc12. The van der Waals surface area contributed by atoms with E-state index < -0.39 is 17.8 Å². The summed E-state index contributed by atoms with van der Waals surface area (Å²) >= 11 is 0. The molecule has 0 fully saturated rings. The van der Waals surface area contributed by atoms with Crippen molar-refractivity contribution in [2.24, 2.45) is 5.73 Å². The van der Waals surface area contributed by atoms with Gasteiger partial charge in [0.05, 0.1) is 11.1 Å². The maximum atomic E-state index is 13.2. The Morgan fingerprint density at radius 1 is 1.03 bits per heavy atom. The van der Waals surface area contributed by atoms with Crippen molar-refractivity contribution in [2.45, 2.75) is 12.8 Å². The first-order valence-electron chi connectivity index (χ1n) is 9.77. The number of ether oxygens (including phenoxy) is 1. The molecule has 0 spiro atoms. The van der Waals surface area contributed by atoms with Crippen LogP contribution in [0.4, 0.5) is 18.9 Å². The zero-order valence-corrected chi connectivity index (χ0v) is 17.4. The van der Waals surface area contributed by atoms with Gasteiger partial charge >= 0.3 is 6.18 Å². The van der Waals surface area contributed by atoms with Crippen molar-refractivity contribution in [3.8, 4) is 5.75 Å². The van der Waals surface area contributed by atoms with Crippen LogP contribution in [0.15, 0.2) is 60.7 Å². The smallest absolute Gasteiger partial charge is 0.433 e. The van der Waals surface area contributed by atoms with Gasteiger partial charge in [0.1, 0.15) is 18.1 Å². The number of carbonyl (C=O) groups excluding carboxylic acids is 1. The third kappa shape index (κ3) is 4.03. The summed E-state index contributed by atoms with van der Waals surface area (Å²) in [5.41, 5.74) is 6.18. The third-order valence-electron chi connectivity index (χ3n) is 5.15. The molecule has 32 heavy (non-hydrogen) atoms. The Kier molecular flexibility index (Phi) is 5.38. The standard InChI is InChI=1S/C24H20F3N3O2/c1-30(2)20-12-21(24(25,26)27)29-19-10-7-14(11-18(19)20)13-32-22-16-6-4-3-5-15(16)8-9-17(22)23(28)31/h3-12H,13H2,1-2H3,(H2,28,31). The molecule has 1 heterocycles. The van der Waals surface area contributed by atoms with Crippen molar-refractivity contribution < 1.29 is 22.7 Å². The van der Waals surface area contributed by atoms with Crippen molar-refractivity contribution >= 4 is 33.3 Å². The molecule has 8 heteroatoms. The zero-order valence-electron chi connectivity index (χ0n) is 17.4. The van der Waals surface area contributed by atoms with Crippen LogP contribution in [0.2, 0.25) is 0 Å². The predicted molar refractivity (Wildman–Crippen MR) is 118 cm³/mol. The number of hydrogen-bond donors (Lipinski definition) is 1. The summed E-state index contributed by atoms with van der Waals surface area (Å²) in [7, 11) is 3.35. The van der Waals surface area contributed by atoms with Crippen LogP contribution in [-0.4, -0.2) is 25.0 Å². The molecule has 0 unspecified atom stereocenters. The fraction of sp³-hybridized carbons (Fsp3) is 0.167. The fourth-order valence-electron chi connectivity index (χ4n) is 3.61. The van der Waals surface area contributed by atoms with E-state index in [4.69, 9.17) is 10.5 Å². The molecule has 0 bridgehead atoms. The van der Waals surface area contributed by atoms with Gasteiger partial charge in [0.25, 0.3) is 5.91 Å². The van der Waals surface area contributed by atoms with Crippen LogP contribution in [0.25, 0.3) is 21.7 Å². The second-order valence-corrected chi connectivity index (χ2v) is 7.59. The highest BCUT2D eigenvalue weighted by Gasteiger charge is 2.33. The molecule has 0 aliphatic rings. The monoisotopic (exact) mass is 439 g/mol. The van der Waals surface area contributed by atoms with Gasteiger partial charge in [0.15, 0.2) is 0 Å². The Bertz CT molecular complexity index is 1330. The Morgan fingerprint density at radius 3 is 2.47 bits per heavy atom. The normalized spacial score (nSPS) is 11.7. The van der Waals surface area contributed by atoms with Crippen molar-refractivity contribution in [1.29, 1.82) is 0 Å². The Morgan fingerprint density at radius 2 is 1.78 bits per heavy atom. The Hall–Kier alpha value is -3.81. The summed E-state index contributed by atoms with van der Waals surface area (Å²) in [4.78, 5) is 17.3. The van der Waals surface area contributed by atoms with E-state index in [1.165, 1.54) is 6.07 Å². The highest BCUT2D eigenvalue weighted by Crippen LogP contribution is 2.35. The van der Waals surface area contributed by atoms with Crippen molar-refractivity contribution in [2.75, 3.05) is 19.0 Å². The number of fused-ring (bicyclic) bond motifs is 2. The summed E-state index contributed by atoms with van der Waals surface area (Å²) in [5.74, 6) is -0.239. The van der Waals surface area contributed by atoms with Crippen LogP contribution in [0.3, 0.4) is 0 Å². The van der Waals surface area contributed by atoms with Gasteiger partial charge in [-0.2, -0.15) is 13.2 Å². The van der Waals surface area contributed by atoms with E-state index in [-0.39, 0.29) is 17.7 Å². The van der Waals surface area contributed by atoms with Gasteiger partial charge in [-0.25, -0.2) is 4.98 Å². The first kappa shape index (κ1) is 21.4. The van der Waals surface area contributed by atoms with Crippen molar-refractivity contribution in [1.82, 2.24) is 4.98 Å². The van der Waals surface area contributed by atoms with Crippen LogP contribution < -0.4 is 15.4 Å². The molecule has 1 aromatic heterocycles. The molecule has 164 valence electrons. The number of nitrogens with two attached hydrogens (primary N) is 1. The maximum Gasteiger partial charge on any atom is 0.433 e. The number of pyridine rings is 1. The van der Waals surface area contributed by atoms with E-state index >= 15 is 0 Å². The van der Waals surface area contributed by atoms with Crippen LogP contribution in [0, 0.1) is 0 Å². The number of primary amides is 1. The van der Waals surface area contributed by atoms with Gasteiger partial charge in [-0.1, -0.05) is 36.4 Å². The number of anilines is 1. The minimum absolute atomic E-state index is 0.0954. The molecular weight excluding hydrogens is 419 g/mol. The molecule has 0 saturated carbocycles. The molecule has 4 rings (SSSR count). The third-order valence-corrected chi connectivity index (χ3v) is 5.15. The number of benzene rings is 3. The molecule has 0 aliphatic carbocycles. The quantitative estimate of drug-likeness (QED) is 0.467. The lowest BCUT2D eigenvalue weighted by Crippen LogP contribution is -2.14. The van der Waals surface area contributed by atoms with Crippen LogP contribution in [0.1, 0.15) is 21.6 Å². The minimum atomic E-state index is -4.54. The number of halogens is 3. The van der Waals surface area contributed by atoms with E-state index in [1.54, 1.807) is 43.3 Å². The summed E-state index contributed by atoms with van der Waals surface area (Å²) < 4.78 is 45.7. The molecule has 2 N–H and O–H groups in total. The summed E-state index contributed by atoms with van der Waals surface area (Å²) in [6, 6.07) is 16.8. The molecule has 0 saturated heterocycles. The molecule has 0 radical (unpaired) electrons. The number of aromatic nitrogens is 1. The lowest BCUT2D eigenvalue weighted by Gasteiger charge is -2.19. The minimum Gasteiger partial charge on any atom is -0.487 e. The van der Waals surface area contributed by atoms with Gasteiger partial charge in [-0.15, -0.1) is 0 Å². The summed E-state index contributed by atoms with van der Waals surface area (Å²) in [6.45, 7) is 0.0954. The molecule has 4 aromatic rings. The summed E-state index contributed by atoms with van der Waals surface area (Å²) in [5, 5.41) is 2.21. The second kappa shape index (κ2) is 8.03. The van der Waals surface area contributed by atoms with E-state index in [0.717, 1.165) is 16.8 Å². The average molecular weight is 439 g/mol. The van der Waals surface area contributed by atoms with Crippen LogP contribution in [-0.2, 0) is 12.8 Å². The first-order chi connectivity index (χ1) is 15.1. The molecule has 0 aliphatic heterocycles. The topological polar surface area (TPSA) is 68.5 Å². The first-order valence-corrected chi connectivity index (χ1v) is 9.77. The number of rotatable bonds is 5. The maximum absolute atomic E-state index is 13.2. The van der Waals surface area contributed by atoms with Gasteiger partial charge in [-0.3, -0.25) is 4.79 Å². The molecule has 0 atom stereocenters. The average Bonchev–Trinajstić information content (AvgIpc) is 2.75. The van der Waals surface area contributed by atoms with E-state index in [1.807, 2.05) is 24.3 Å². The van der Waals surface area contributed by atoms with Gasteiger partial charge in [0, 0.05) is 30.6 Å². The zero-order chi connectivity index (χ0) is 23.0. The number of carbonyl (C=O) groups is 1. The van der Waals surface area contributed by atoms with Crippen LogP contribution >= 0.6 is 0 Å². The Labute approximate surface area is 182 Å². The Balaban J connectivity index is 1.74. The number of hydrogen-bond acceptors (Lipinski definition) is 4. The molecule has 5 nitrogen and oxygen atoms in total. The van der Waals surface area contributed by atoms with Gasteiger partial charge in [0.2, 0.25) is 0 Å². The fourth-order valence-corrected chi connectivity index (χ4v) is 3.61. The number of amides is 1. The van der Waals surface area contributed by atoms with Crippen LogP contribution in [0.5, 0.6) is 5.75 Å². The highest BCUT2D eigenvalue weighted by molar-refractivity contribution is 6.03. The number of alkyl halides is 3. The molecule has 3 aromatic carbocycles. The largest absolute Gasteiger partial charge is 0.487 e.